The van der Waals surface area contributed by atoms with Crippen LogP contribution in [0.1, 0.15) is 15.9 Å². The van der Waals surface area contributed by atoms with Crippen molar-refractivity contribution in [3.8, 4) is 11.3 Å². The second-order valence-corrected chi connectivity index (χ2v) is 8.87. The number of hydrogen-bond donors (Lipinski definition) is 1. The molecule has 0 bridgehead atoms. The first-order valence-electron chi connectivity index (χ1n) is 8.98. The highest BCUT2D eigenvalue weighted by Crippen LogP contribution is 2.29. The summed E-state index contributed by atoms with van der Waals surface area (Å²) in [5, 5.41) is 2.94. The predicted molar refractivity (Wildman–Crippen MR) is 113 cm³/mol. The maximum Gasteiger partial charge on any atom is 0.256 e. The smallest absolute Gasteiger partial charge is 0.256 e. The molecular weight excluding hydrogens is 386 g/mol. The van der Waals surface area contributed by atoms with Crippen molar-refractivity contribution < 1.29 is 13.2 Å². The fourth-order valence-electron chi connectivity index (χ4n) is 3.10. The molecule has 0 spiro atoms. The summed E-state index contributed by atoms with van der Waals surface area (Å²) in [6, 6.07) is 19.4. The standard InChI is InChI=1S/C22H19N3O3S/c1-15-12-13-25-19(14-15)23-20(16-6-4-3-5-7-16)21(25)24-22(26)17-8-10-18(11-9-17)29(2,27)28/h3-14H,1-2H3,(H,24,26). The van der Waals surface area contributed by atoms with Gasteiger partial charge in [-0.3, -0.25) is 9.20 Å². The number of benzene rings is 2. The lowest BCUT2D eigenvalue weighted by atomic mass is 10.1. The maximum absolute atomic E-state index is 12.9. The van der Waals surface area contributed by atoms with Crippen LogP contribution in [0.3, 0.4) is 0 Å². The molecule has 6 nitrogen and oxygen atoms in total. The predicted octanol–water partition coefficient (Wildman–Crippen LogP) is 3.97. The zero-order chi connectivity index (χ0) is 20.6. The minimum atomic E-state index is -3.32. The normalized spacial score (nSPS) is 11.5. The summed E-state index contributed by atoms with van der Waals surface area (Å²) in [6.45, 7) is 1.98. The van der Waals surface area contributed by atoms with Crippen LogP contribution >= 0.6 is 0 Å². The number of aryl methyl sites for hydroxylation is 1. The number of amides is 1. The molecule has 0 saturated carbocycles. The van der Waals surface area contributed by atoms with Crippen LogP contribution in [0.25, 0.3) is 16.9 Å². The second kappa shape index (κ2) is 7.18. The molecule has 0 unspecified atom stereocenters. The molecule has 2 aromatic carbocycles. The Morgan fingerprint density at radius 1 is 1.00 bits per heavy atom. The molecule has 7 heteroatoms. The molecule has 0 aliphatic heterocycles. The van der Waals surface area contributed by atoms with Gasteiger partial charge in [0.1, 0.15) is 17.2 Å². The van der Waals surface area contributed by atoms with Crippen molar-refractivity contribution >= 4 is 27.2 Å². The molecular formula is C22H19N3O3S. The number of pyridine rings is 1. The average molecular weight is 405 g/mol. The van der Waals surface area contributed by atoms with Crippen LogP contribution in [-0.4, -0.2) is 30.0 Å². The van der Waals surface area contributed by atoms with Gasteiger partial charge in [-0.05, 0) is 48.9 Å². The molecule has 4 aromatic rings. The third-order valence-electron chi connectivity index (χ3n) is 4.61. The van der Waals surface area contributed by atoms with Crippen LogP contribution in [-0.2, 0) is 9.84 Å². The van der Waals surface area contributed by atoms with Crippen LogP contribution < -0.4 is 5.32 Å². The van der Waals surface area contributed by atoms with Crippen molar-refractivity contribution in [2.24, 2.45) is 0 Å². The lowest BCUT2D eigenvalue weighted by molar-refractivity contribution is 0.102. The summed E-state index contributed by atoms with van der Waals surface area (Å²) in [4.78, 5) is 17.7. The topological polar surface area (TPSA) is 80.5 Å². The third kappa shape index (κ3) is 3.77. The Balaban J connectivity index is 1.76. The fourth-order valence-corrected chi connectivity index (χ4v) is 3.73. The van der Waals surface area contributed by atoms with Crippen molar-refractivity contribution in [1.29, 1.82) is 0 Å². The molecule has 1 amide bonds. The van der Waals surface area contributed by atoms with Gasteiger partial charge in [0.15, 0.2) is 9.84 Å². The molecule has 0 atom stereocenters. The SMILES string of the molecule is Cc1ccn2c(NC(=O)c3ccc(S(C)(=O)=O)cc3)c(-c3ccccc3)nc2c1. The van der Waals surface area contributed by atoms with Gasteiger partial charge in [-0.1, -0.05) is 30.3 Å². The minimum absolute atomic E-state index is 0.171. The van der Waals surface area contributed by atoms with Crippen LogP contribution in [0.5, 0.6) is 0 Å². The number of aromatic nitrogens is 2. The van der Waals surface area contributed by atoms with Gasteiger partial charge in [0.05, 0.1) is 4.90 Å². The largest absolute Gasteiger partial charge is 0.306 e. The van der Waals surface area contributed by atoms with Gasteiger partial charge in [-0.15, -0.1) is 0 Å². The summed E-state index contributed by atoms with van der Waals surface area (Å²) < 4.78 is 25.1. The van der Waals surface area contributed by atoms with Gasteiger partial charge in [0.25, 0.3) is 5.91 Å². The fraction of sp³-hybridized carbons (Fsp3) is 0.0909. The Morgan fingerprint density at radius 3 is 2.34 bits per heavy atom. The lowest BCUT2D eigenvalue weighted by Crippen LogP contribution is -2.14. The van der Waals surface area contributed by atoms with Crippen molar-refractivity contribution in [1.82, 2.24) is 9.38 Å². The Labute approximate surface area is 168 Å². The monoisotopic (exact) mass is 405 g/mol. The van der Waals surface area contributed by atoms with Crippen molar-refractivity contribution in [3.63, 3.8) is 0 Å². The Hall–Kier alpha value is -3.45. The van der Waals surface area contributed by atoms with Gasteiger partial charge < -0.3 is 5.32 Å². The molecule has 0 radical (unpaired) electrons. The van der Waals surface area contributed by atoms with Crippen LogP contribution in [0, 0.1) is 6.92 Å². The zero-order valence-electron chi connectivity index (χ0n) is 16.0. The van der Waals surface area contributed by atoms with E-state index in [0.29, 0.717) is 17.1 Å². The molecule has 2 heterocycles. The lowest BCUT2D eigenvalue weighted by Gasteiger charge is -2.09. The van der Waals surface area contributed by atoms with E-state index in [0.717, 1.165) is 23.0 Å². The molecule has 0 fully saturated rings. The number of anilines is 1. The number of nitrogens with one attached hydrogen (secondary N) is 1. The first-order valence-corrected chi connectivity index (χ1v) is 10.9. The van der Waals surface area contributed by atoms with E-state index in [4.69, 9.17) is 4.98 Å². The molecule has 0 saturated heterocycles. The van der Waals surface area contributed by atoms with E-state index in [1.807, 2.05) is 60.0 Å². The van der Waals surface area contributed by atoms with Gasteiger partial charge in [0, 0.05) is 23.6 Å². The van der Waals surface area contributed by atoms with Gasteiger partial charge in [-0.2, -0.15) is 0 Å². The Kier molecular flexibility index (Phi) is 4.68. The van der Waals surface area contributed by atoms with Gasteiger partial charge >= 0.3 is 0 Å². The average Bonchev–Trinajstić information content (AvgIpc) is 3.05. The minimum Gasteiger partial charge on any atom is -0.306 e. The van der Waals surface area contributed by atoms with E-state index in [-0.39, 0.29) is 10.8 Å². The van der Waals surface area contributed by atoms with E-state index in [9.17, 15) is 13.2 Å². The number of hydrogen-bond acceptors (Lipinski definition) is 4. The summed E-state index contributed by atoms with van der Waals surface area (Å²) in [5.74, 6) is 0.216. The Morgan fingerprint density at radius 2 is 1.69 bits per heavy atom. The first-order chi connectivity index (χ1) is 13.8. The summed E-state index contributed by atoms with van der Waals surface area (Å²) in [7, 11) is -3.32. The van der Waals surface area contributed by atoms with E-state index in [2.05, 4.69) is 5.32 Å². The van der Waals surface area contributed by atoms with E-state index >= 15 is 0 Å². The van der Waals surface area contributed by atoms with Crippen molar-refractivity contribution in [3.05, 3.63) is 84.1 Å². The quantitative estimate of drug-likeness (QED) is 0.557. The van der Waals surface area contributed by atoms with Crippen LogP contribution in [0.15, 0.2) is 77.8 Å². The highest BCUT2D eigenvalue weighted by molar-refractivity contribution is 7.90. The molecule has 4 rings (SSSR count). The van der Waals surface area contributed by atoms with Gasteiger partial charge in [-0.25, -0.2) is 13.4 Å². The summed E-state index contributed by atoms with van der Waals surface area (Å²) >= 11 is 0. The molecule has 2 aromatic heterocycles. The zero-order valence-corrected chi connectivity index (χ0v) is 16.8. The van der Waals surface area contributed by atoms with E-state index in [1.165, 1.54) is 24.3 Å². The van der Waals surface area contributed by atoms with Crippen molar-refractivity contribution in [2.75, 3.05) is 11.6 Å². The van der Waals surface area contributed by atoms with Crippen molar-refractivity contribution in [2.45, 2.75) is 11.8 Å². The summed E-state index contributed by atoms with van der Waals surface area (Å²) in [5.41, 5.74) is 3.70. The highest BCUT2D eigenvalue weighted by atomic mass is 32.2. The number of carbonyl (C=O) groups is 1. The molecule has 0 aliphatic carbocycles. The van der Waals surface area contributed by atoms with Crippen LogP contribution in [0.4, 0.5) is 5.82 Å². The molecule has 0 aliphatic rings. The van der Waals surface area contributed by atoms with Crippen LogP contribution in [0.2, 0.25) is 0 Å². The number of rotatable bonds is 4. The number of carbonyl (C=O) groups excluding carboxylic acids is 1. The number of sulfone groups is 1. The third-order valence-corrected chi connectivity index (χ3v) is 5.73. The molecule has 1 N–H and O–H groups in total. The van der Waals surface area contributed by atoms with Gasteiger partial charge in [0.2, 0.25) is 0 Å². The number of nitrogens with zero attached hydrogens (tertiary/aromatic N) is 2. The summed E-state index contributed by atoms with van der Waals surface area (Å²) in [6.07, 6.45) is 3.00. The Bertz CT molecular complexity index is 1310. The highest BCUT2D eigenvalue weighted by Gasteiger charge is 2.18. The molecule has 146 valence electrons. The number of fused-ring (bicyclic) bond motifs is 1. The van der Waals surface area contributed by atoms with E-state index in [1.54, 1.807) is 0 Å². The number of imidazole rings is 1. The molecule has 29 heavy (non-hydrogen) atoms. The first kappa shape index (κ1) is 18.9. The maximum atomic E-state index is 12.9. The van der Waals surface area contributed by atoms with E-state index < -0.39 is 9.84 Å². The second-order valence-electron chi connectivity index (χ2n) is 6.86.